The third-order valence-electron chi connectivity index (χ3n) is 4.04. The normalized spacial score (nSPS) is 12.9. The minimum Gasteiger partial charge on any atom is -0.456 e. The first-order chi connectivity index (χ1) is 13.6. The summed E-state index contributed by atoms with van der Waals surface area (Å²) in [5, 5.41) is 5.53. The van der Waals surface area contributed by atoms with Crippen molar-refractivity contribution in [2.75, 3.05) is 17.7 Å². The molecule has 0 heterocycles. The molecule has 0 bridgehead atoms. The van der Waals surface area contributed by atoms with E-state index in [1.807, 2.05) is 30.3 Å². The first kappa shape index (κ1) is 19.9. The van der Waals surface area contributed by atoms with E-state index in [0.29, 0.717) is 17.0 Å². The van der Waals surface area contributed by atoms with Gasteiger partial charge in [-0.05, 0) is 37.1 Å². The Labute approximate surface area is 168 Å². The van der Waals surface area contributed by atoms with Crippen LogP contribution in [0.3, 0.4) is 0 Å². The van der Waals surface area contributed by atoms with Crippen molar-refractivity contribution in [1.82, 2.24) is 5.32 Å². The standard InChI is InChI=1S/C21H22N2O4S/c24-19(14-27-20(25)12-13-28-16-6-2-1-3-7-16)23-18-9-5-4-8-17(18)21(26)22-15-10-11-15/h1-9,15H,10-14H2,(H,22,26)(H,23,24). The number of carbonyl (C=O) groups excluding carboxylic acids is 3. The molecule has 0 unspecified atom stereocenters. The fraction of sp³-hybridized carbons (Fsp3) is 0.286. The quantitative estimate of drug-likeness (QED) is 0.500. The molecule has 2 aromatic rings. The second kappa shape index (κ2) is 9.94. The molecular weight excluding hydrogens is 376 g/mol. The number of hydrogen-bond acceptors (Lipinski definition) is 5. The molecule has 0 atom stereocenters. The predicted octanol–water partition coefficient (Wildman–Crippen LogP) is 3.24. The van der Waals surface area contributed by atoms with Crippen molar-refractivity contribution in [3.8, 4) is 0 Å². The molecule has 7 heteroatoms. The van der Waals surface area contributed by atoms with Gasteiger partial charge in [0.15, 0.2) is 6.61 Å². The van der Waals surface area contributed by atoms with Crippen LogP contribution in [-0.2, 0) is 14.3 Å². The molecule has 1 aliphatic rings. The lowest BCUT2D eigenvalue weighted by molar-refractivity contribution is -0.146. The van der Waals surface area contributed by atoms with Gasteiger partial charge >= 0.3 is 5.97 Å². The van der Waals surface area contributed by atoms with Gasteiger partial charge in [0.25, 0.3) is 11.8 Å². The lowest BCUT2D eigenvalue weighted by Crippen LogP contribution is -2.28. The van der Waals surface area contributed by atoms with Crippen molar-refractivity contribution >= 4 is 35.2 Å². The molecule has 0 radical (unpaired) electrons. The SMILES string of the molecule is O=C(COC(=O)CCSc1ccccc1)Nc1ccccc1C(=O)NC1CC1. The van der Waals surface area contributed by atoms with Gasteiger partial charge in [0, 0.05) is 16.7 Å². The molecule has 3 rings (SSSR count). The number of thioether (sulfide) groups is 1. The van der Waals surface area contributed by atoms with Crippen LogP contribution in [0.25, 0.3) is 0 Å². The monoisotopic (exact) mass is 398 g/mol. The van der Waals surface area contributed by atoms with Crippen molar-refractivity contribution in [1.29, 1.82) is 0 Å². The van der Waals surface area contributed by atoms with Gasteiger partial charge in [-0.2, -0.15) is 0 Å². The van der Waals surface area contributed by atoms with Gasteiger partial charge in [0.2, 0.25) is 0 Å². The number of rotatable bonds is 9. The van der Waals surface area contributed by atoms with E-state index in [-0.39, 0.29) is 25.0 Å². The van der Waals surface area contributed by atoms with E-state index in [1.54, 1.807) is 36.0 Å². The van der Waals surface area contributed by atoms with Crippen LogP contribution in [0.2, 0.25) is 0 Å². The summed E-state index contributed by atoms with van der Waals surface area (Å²) in [5.74, 6) is -0.545. The Morgan fingerprint density at radius 2 is 1.71 bits per heavy atom. The van der Waals surface area contributed by atoms with E-state index in [0.717, 1.165) is 17.7 Å². The van der Waals surface area contributed by atoms with Crippen LogP contribution in [0.15, 0.2) is 59.5 Å². The van der Waals surface area contributed by atoms with E-state index in [4.69, 9.17) is 4.74 Å². The van der Waals surface area contributed by atoms with Crippen molar-refractivity contribution in [3.05, 3.63) is 60.2 Å². The smallest absolute Gasteiger partial charge is 0.307 e. The molecule has 1 saturated carbocycles. The van der Waals surface area contributed by atoms with E-state index >= 15 is 0 Å². The minimum atomic E-state index is -0.476. The van der Waals surface area contributed by atoms with Crippen molar-refractivity contribution < 1.29 is 19.1 Å². The zero-order valence-corrected chi connectivity index (χ0v) is 16.2. The molecule has 0 spiro atoms. The average Bonchev–Trinajstić information content (AvgIpc) is 3.51. The summed E-state index contributed by atoms with van der Waals surface area (Å²) >= 11 is 1.55. The molecule has 2 N–H and O–H groups in total. The highest BCUT2D eigenvalue weighted by Gasteiger charge is 2.25. The number of amides is 2. The maximum Gasteiger partial charge on any atom is 0.307 e. The summed E-state index contributed by atoms with van der Waals surface area (Å²) in [5.41, 5.74) is 0.801. The Morgan fingerprint density at radius 3 is 2.46 bits per heavy atom. The molecule has 1 aliphatic carbocycles. The lowest BCUT2D eigenvalue weighted by atomic mass is 10.1. The Kier molecular flexibility index (Phi) is 7.08. The fourth-order valence-electron chi connectivity index (χ4n) is 2.45. The summed E-state index contributed by atoms with van der Waals surface area (Å²) in [6.45, 7) is -0.382. The van der Waals surface area contributed by atoms with Gasteiger partial charge in [0.1, 0.15) is 0 Å². The molecule has 0 saturated heterocycles. The van der Waals surface area contributed by atoms with Crippen LogP contribution in [0.5, 0.6) is 0 Å². The number of para-hydroxylation sites is 1. The van der Waals surface area contributed by atoms with Gasteiger partial charge in [-0.3, -0.25) is 14.4 Å². The third-order valence-corrected chi connectivity index (χ3v) is 5.05. The zero-order chi connectivity index (χ0) is 19.8. The molecule has 146 valence electrons. The van der Waals surface area contributed by atoms with Gasteiger partial charge in [-0.1, -0.05) is 30.3 Å². The second-order valence-corrected chi connectivity index (χ2v) is 7.58. The van der Waals surface area contributed by atoms with Crippen LogP contribution in [0.4, 0.5) is 5.69 Å². The number of hydrogen-bond donors (Lipinski definition) is 2. The van der Waals surface area contributed by atoms with E-state index in [9.17, 15) is 14.4 Å². The van der Waals surface area contributed by atoms with Gasteiger partial charge in [-0.15, -0.1) is 11.8 Å². The summed E-state index contributed by atoms with van der Waals surface area (Å²) in [4.78, 5) is 37.2. The summed E-state index contributed by atoms with van der Waals surface area (Å²) < 4.78 is 5.02. The zero-order valence-electron chi connectivity index (χ0n) is 15.4. The molecule has 1 fully saturated rings. The highest BCUT2D eigenvalue weighted by Crippen LogP contribution is 2.21. The van der Waals surface area contributed by atoms with Crippen molar-refractivity contribution in [2.45, 2.75) is 30.2 Å². The molecular formula is C21H22N2O4S. The first-order valence-electron chi connectivity index (χ1n) is 9.15. The van der Waals surface area contributed by atoms with Gasteiger partial charge in [-0.25, -0.2) is 0 Å². The summed E-state index contributed by atoms with van der Waals surface area (Å²) in [6, 6.07) is 16.8. The molecule has 28 heavy (non-hydrogen) atoms. The van der Waals surface area contributed by atoms with Crippen LogP contribution >= 0.6 is 11.8 Å². The number of carbonyl (C=O) groups is 3. The topological polar surface area (TPSA) is 84.5 Å². The first-order valence-corrected chi connectivity index (χ1v) is 10.1. The Bertz CT molecular complexity index is 837. The summed E-state index contributed by atoms with van der Waals surface area (Å²) in [6.07, 6.45) is 2.19. The molecule has 6 nitrogen and oxygen atoms in total. The fourth-order valence-corrected chi connectivity index (χ4v) is 3.31. The number of anilines is 1. The number of ether oxygens (including phenoxy) is 1. The van der Waals surface area contributed by atoms with Crippen LogP contribution in [0, 0.1) is 0 Å². The highest BCUT2D eigenvalue weighted by atomic mass is 32.2. The molecule has 0 aromatic heterocycles. The Balaban J connectivity index is 1.41. The maximum atomic E-state index is 12.2. The highest BCUT2D eigenvalue weighted by molar-refractivity contribution is 7.99. The minimum absolute atomic E-state index is 0.215. The number of nitrogens with one attached hydrogen (secondary N) is 2. The van der Waals surface area contributed by atoms with Gasteiger partial charge < -0.3 is 15.4 Å². The van der Waals surface area contributed by atoms with Crippen LogP contribution < -0.4 is 10.6 Å². The largest absolute Gasteiger partial charge is 0.456 e. The van der Waals surface area contributed by atoms with E-state index in [1.165, 1.54) is 0 Å². The number of esters is 1. The maximum absolute atomic E-state index is 12.2. The van der Waals surface area contributed by atoms with Crippen molar-refractivity contribution in [3.63, 3.8) is 0 Å². The average molecular weight is 398 g/mol. The van der Waals surface area contributed by atoms with Gasteiger partial charge in [0.05, 0.1) is 17.7 Å². The lowest BCUT2D eigenvalue weighted by Gasteiger charge is -2.11. The molecule has 2 amide bonds. The van der Waals surface area contributed by atoms with E-state index < -0.39 is 11.9 Å². The van der Waals surface area contributed by atoms with Crippen molar-refractivity contribution in [2.24, 2.45) is 0 Å². The molecule has 2 aromatic carbocycles. The van der Waals surface area contributed by atoms with Crippen LogP contribution in [-0.4, -0.2) is 36.2 Å². The van der Waals surface area contributed by atoms with E-state index in [2.05, 4.69) is 10.6 Å². The summed E-state index contributed by atoms with van der Waals surface area (Å²) in [7, 11) is 0. The Morgan fingerprint density at radius 1 is 1.00 bits per heavy atom. The number of benzene rings is 2. The van der Waals surface area contributed by atoms with Crippen LogP contribution in [0.1, 0.15) is 29.6 Å². The predicted molar refractivity (Wildman–Crippen MR) is 108 cm³/mol. The third kappa shape index (κ3) is 6.42. The molecule has 0 aliphatic heterocycles. The second-order valence-electron chi connectivity index (χ2n) is 6.41. The Hall–Kier alpha value is -2.80.